The summed E-state index contributed by atoms with van der Waals surface area (Å²) in [4.78, 5) is 0.0999. The number of aryl methyl sites for hydroxylation is 1. The number of thiocarbonyl (C=S) groups is 1. The second-order valence-corrected chi connectivity index (χ2v) is 5.13. The van der Waals surface area contributed by atoms with E-state index in [-0.39, 0.29) is 16.7 Å². The van der Waals surface area contributed by atoms with Gasteiger partial charge < -0.3 is 11.1 Å². The fourth-order valence-electron chi connectivity index (χ4n) is 0.951. The van der Waals surface area contributed by atoms with Crippen LogP contribution in [0.15, 0.2) is 29.2 Å². The average Bonchev–Trinajstić information content (AvgIpc) is 2.17. The summed E-state index contributed by atoms with van der Waals surface area (Å²) in [5.41, 5.74) is 6.10. The number of rotatable bonds is 4. The van der Waals surface area contributed by atoms with Crippen LogP contribution in [0.3, 0.4) is 0 Å². The average molecular weight is 260 g/mol. The van der Waals surface area contributed by atoms with E-state index in [1.54, 1.807) is 12.1 Å². The van der Waals surface area contributed by atoms with Crippen LogP contribution < -0.4 is 11.1 Å². The molecule has 16 heavy (non-hydrogen) atoms. The molecule has 0 amide bonds. The standard InChI is InChI=1S/C9H12N2O3S2/c1-7-2-4-8(5-3-7)16(12,13)14-6-11-9(10)15/h2-5H,6H2,1H3,(H3,10,11,15). The van der Waals surface area contributed by atoms with Crippen molar-refractivity contribution in [3.05, 3.63) is 29.8 Å². The Kier molecular flexibility index (Phi) is 4.22. The molecule has 7 heteroatoms. The molecule has 0 aromatic heterocycles. The van der Waals surface area contributed by atoms with Crippen molar-refractivity contribution in [3.63, 3.8) is 0 Å². The van der Waals surface area contributed by atoms with Crippen molar-refractivity contribution in [2.45, 2.75) is 11.8 Å². The van der Waals surface area contributed by atoms with Gasteiger partial charge in [-0.25, -0.2) is 4.18 Å². The van der Waals surface area contributed by atoms with Crippen molar-refractivity contribution in [2.75, 3.05) is 6.73 Å². The van der Waals surface area contributed by atoms with Gasteiger partial charge in [-0.15, -0.1) is 0 Å². The van der Waals surface area contributed by atoms with Crippen LogP contribution in [-0.2, 0) is 14.3 Å². The fraction of sp³-hybridized carbons (Fsp3) is 0.222. The zero-order chi connectivity index (χ0) is 12.2. The van der Waals surface area contributed by atoms with E-state index in [1.165, 1.54) is 12.1 Å². The van der Waals surface area contributed by atoms with Crippen LogP contribution in [0.5, 0.6) is 0 Å². The quantitative estimate of drug-likeness (QED) is 0.466. The number of nitrogens with two attached hydrogens (primary N) is 1. The zero-order valence-electron chi connectivity index (χ0n) is 8.64. The molecule has 1 aromatic carbocycles. The monoisotopic (exact) mass is 260 g/mol. The van der Waals surface area contributed by atoms with Crippen LogP contribution in [0.25, 0.3) is 0 Å². The summed E-state index contributed by atoms with van der Waals surface area (Å²) >= 11 is 4.51. The van der Waals surface area contributed by atoms with E-state index < -0.39 is 10.1 Å². The van der Waals surface area contributed by atoms with Gasteiger partial charge in [0.05, 0.1) is 4.90 Å². The van der Waals surface area contributed by atoms with Crippen molar-refractivity contribution in [1.29, 1.82) is 0 Å². The van der Waals surface area contributed by atoms with E-state index in [9.17, 15) is 8.42 Å². The van der Waals surface area contributed by atoms with Gasteiger partial charge in [0.2, 0.25) is 0 Å². The zero-order valence-corrected chi connectivity index (χ0v) is 10.3. The fourth-order valence-corrected chi connectivity index (χ4v) is 1.83. The first-order chi connectivity index (χ1) is 7.42. The molecule has 0 saturated heterocycles. The maximum atomic E-state index is 11.6. The molecule has 0 radical (unpaired) electrons. The normalized spacial score (nSPS) is 11.1. The Labute approximate surface area is 99.7 Å². The van der Waals surface area contributed by atoms with Crippen molar-refractivity contribution < 1.29 is 12.6 Å². The minimum atomic E-state index is -3.75. The van der Waals surface area contributed by atoms with Gasteiger partial charge in [-0.2, -0.15) is 8.42 Å². The van der Waals surface area contributed by atoms with Crippen molar-refractivity contribution in [2.24, 2.45) is 5.73 Å². The Bertz CT molecular complexity index is 468. The van der Waals surface area contributed by atoms with E-state index in [0.29, 0.717) is 0 Å². The van der Waals surface area contributed by atoms with Gasteiger partial charge in [0.25, 0.3) is 10.1 Å². The van der Waals surface area contributed by atoms with E-state index in [4.69, 9.17) is 5.73 Å². The summed E-state index contributed by atoms with van der Waals surface area (Å²) in [6.07, 6.45) is 0. The Morgan fingerprint density at radius 3 is 2.50 bits per heavy atom. The van der Waals surface area contributed by atoms with E-state index >= 15 is 0 Å². The molecule has 1 rings (SSSR count). The van der Waals surface area contributed by atoms with Gasteiger partial charge in [-0.3, -0.25) is 0 Å². The molecule has 0 unspecified atom stereocenters. The number of hydrogen-bond donors (Lipinski definition) is 2. The SMILES string of the molecule is Cc1ccc(S(=O)(=O)OCNC(N)=S)cc1. The van der Waals surface area contributed by atoms with Crippen molar-refractivity contribution in [3.8, 4) is 0 Å². The number of benzene rings is 1. The Morgan fingerprint density at radius 2 is 2.00 bits per heavy atom. The Balaban J connectivity index is 2.71. The van der Waals surface area contributed by atoms with Crippen LogP contribution in [0.2, 0.25) is 0 Å². The van der Waals surface area contributed by atoms with Gasteiger partial charge in [0, 0.05) is 0 Å². The summed E-state index contributed by atoms with van der Waals surface area (Å²) in [6, 6.07) is 6.34. The summed E-state index contributed by atoms with van der Waals surface area (Å²) in [7, 11) is -3.75. The van der Waals surface area contributed by atoms with Crippen LogP contribution in [0.4, 0.5) is 0 Å². The van der Waals surface area contributed by atoms with Gasteiger partial charge in [-0.05, 0) is 31.3 Å². The second-order valence-electron chi connectivity index (χ2n) is 3.07. The first-order valence-corrected chi connectivity index (χ1v) is 6.23. The van der Waals surface area contributed by atoms with Gasteiger partial charge in [-0.1, -0.05) is 17.7 Å². The topological polar surface area (TPSA) is 81.4 Å². The first-order valence-electron chi connectivity index (χ1n) is 4.41. The number of hydrogen-bond acceptors (Lipinski definition) is 4. The highest BCUT2D eigenvalue weighted by molar-refractivity contribution is 7.86. The van der Waals surface area contributed by atoms with E-state index in [0.717, 1.165) is 5.56 Å². The van der Waals surface area contributed by atoms with Gasteiger partial charge in [0.15, 0.2) is 5.11 Å². The molecule has 0 atom stereocenters. The van der Waals surface area contributed by atoms with Crippen molar-refractivity contribution >= 4 is 27.4 Å². The molecule has 1 aromatic rings. The molecule has 0 spiro atoms. The lowest BCUT2D eigenvalue weighted by Crippen LogP contribution is -2.32. The predicted molar refractivity (Wildman–Crippen MR) is 64.2 cm³/mol. The molecular formula is C9H12N2O3S2. The molecule has 5 nitrogen and oxygen atoms in total. The first kappa shape index (κ1) is 12.9. The molecule has 0 saturated carbocycles. The summed E-state index contributed by atoms with van der Waals surface area (Å²) in [6.45, 7) is 1.59. The highest BCUT2D eigenvalue weighted by Gasteiger charge is 2.14. The lowest BCUT2D eigenvalue weighted by atomic mass is 10.2. The maximum absolute atomic E-state index is 11.6. The molecule has 88 valence electrons. The predicted octanol–water partition coefficient (Wildman–Crippen LogP) is 0.491. The third kappa shape index (κ3) is 3.76. The molecular weight excluding hydrogens is 248 g/mol. The minimum Gasteiger partial charge on any atom is -0.376 e. The second kappa shape index (κ2) is 5.24. The maximum Gasteiger partial charge on any atom is 0.298 e. The smallest absolute Gasteiger partial charge is 0.298 e. The third-order valence-electron chi connectivity index (χ3n) is 1.77. The molecule has 0 heterocycles. The third-order valence-corrected chi connectivity index (χ3v) is 3.19. The summed E-state index contributed by atoms with van der Waals surface area (Å²) < 4.78 is 27.8. The highest BCUT2D eigenvalue weighted by Crippen LogP contribution is 2.12. The van der Waals surface area contributed by atoms with E-state index in [2.05, 4.69) is 21.7 Å². The molecule has 0 fully saturated rings. The Morgan fingerprint density at radius 1 is 1.44 bits per heavy atom. The van der Waals surface area contributed by atoms with Crippen molar-refractivity contribution in [1.82, 2.24) is 5.32 Å². The summed E-state index contributed by atoms with van der Waals surface area (Å²) in [5.74, 6) is 0. The van der Waals surface area contributed by atoms with Crippen LogP contribution >= 0.6 is 12.2 Å². The lowest BCUT2D eigenvalue weighted by Gasteiger charge is -2.06. The Hall–Kier alpha value is -1.18. The van der Waals surface area contributed by atoms with Crippen LogP contribution in [0, 0.1) is 6.92 Å². The largest absolute Gasteiger partial charge is 0.376 e. The highest BCUT2D eigenvalue weighted by atomic mass is 32.2. The molecule has 0 aliphatic rings. The van der Waals surface area contributed by atoms with Gasteiger partial charge >= 0.3 is 0 Å². The van der Waals surface area contributed by atoms with Crippen LogP contribution in [0.1, 0.15) is 5.56 Å². The van der Waals surface area contributed by atoms with Gasteiger partial charge in [0.1, 0.15) is 6.73 Å². The molecule has 3 N–H and O–H groups in total. The molecule has 0 bridgehead atoms. The molecule has 0 aliphatic carbocycles. The molecule has 0 aliphatic heterocycles. The summed E-state index contributed by atoms with van der Waals surface area (Å²) in [5, 5.41) is 2.38. The van der Waals surface area contributed by atoms with E-state index in [1.807, 2.05) is 6.92 Å². The minimum absolute atomic E-state index is 0.0147. The lowest BCUT2D eigenvalue weighted by molar-refractivity contribution is 0.311. The number of nitrogens with one attached hydrogen (secondary N) is 1. The van der Waals surface area contributed by atoms with Crippen LogP contribution in [-0.4, -0.2) is 20.3 Å².